The van der Waals surface area contributed by atoms with Gasteiger partial charge < -0.3 is 9.13 Å². The van der Waals surface area contributed by atoms with Crippen molar-refractivity contribution >= 4 is 65.4 Å². The van der Waals surface area contributed by atoms with E-state index in [9.17, 15) is 0 Å². The number of hydrogen-bond acceptors (Lipinski definition) is 3. The first-order chi connectivity index (χ1) is 28.3. The summed E-state index contributed by atoms with van der Waals surface area (Å²) < 4.78 is 7.05. The first-order valence-electron chi connectivity index (χ1n) is 19.2. The van der Waals surface area contributed by atoms with E-state index in [2.05, 4.69) is 189 Å². The van der Waals surface area contributed by atoms with Crippen molar-refractivity contribution in [2.45, 2.75) is 0 Å². The van der Waals surface area contributed by atoms with E-state index in [1.807, 2.05) is 24.5 Å². The summed E-state index contributed by atoms with van der Waals surface area (Å²) in [7, 11) is 0. The maximum atomic E-state index is 5.37. The summed E-state index contributed by atoms with van der Waals surface area (Å²) in [5.41, 5.74) is 12.6. The summed E-state index contributed by atoms with van der Waals surface area (Å²) in [5, 5.41) is 6.89. The Morgan fingerprint density at radius 3 is 1.51 bits per heavy atom. The molecule has 0 saturated carbocycles. The average molecular weight is 729 g/mol. The highest BCUT2D eigenvalue weighted by molar-refractivity contribution is 6.24. The van der Waals surface area contributed by atoms with E-state index in [1.165, 1.54) is 5.39 Å². The van der Waals surface area contributed by atoms with Crippen LogP contribution in [0.4, 0.5) is 0 Å². The summed E-state index contributed by atoms with van der Waals surface area (Å²) in [6.07, 6.45) is 3.87. The minimum Gasteiger partial charge on any atom is -0.309 e. The molecule has 0 spiro atoms. The number of para-hydroxylation sites is 3. The largest absolute Gasteiger partial charge is 0.309 e. The maximum Gasteiger partial charge on any atom is 0.235 e. The minimum absolute atomic E-state index is 0.623. The highest BCUT2D eigenvalue weighted by Gasteiger charge is 2.24. The van der Waals surface area contributed by atoms with Crippen molar-refractivity contribution in [3.05, 3.63) is 194 Å². The molecule has 0 bridgehead atoms. The molecule has 0 saturated heterocycles. The van der Waals surface area contributed by atoms with Crippen molar-refractivity contribution < 1.29 is 0 Å². The van der Waals surface area contributed by atoms with Gasteiger partial charge in [-0.05, 0) is 54.6 Å². The van der Waals surface area contributed by atoms with Crippen LogP contribution in [0.15, 0.2) is 194 Å². The molecule has 0 amide bonds. The number of rotatable bonds is 5. The molecule has 12 rings (SSSR count). The third-order valence-corrected chi connectivity index (χ3v) is 11.3. The van der Waals surface area contributed by atoms with E-state index in [0.717, 1.165) is 93.9 Å². The number of aromatic nitrogens is 6. The Morgan fingerprint density at radius 1 is 0.333 bits per heavy atom. The Kier molecular flexibility index (Phi) is 6.83. The normalized spacial score (nSPS) is 11.9. The van der Waals surface area contributed by atoms with Crippen molar-refractivity contribution in [3.63, 3.8) is 0 Å². The fraction of sp³-hybridized carbons (Fsp3) is 0. The fourth-order valence-electron chi connectivity index (χ4n) is 8.87. The first-order valence-corrected chi connectivity index (χ1v) is 19.2. The molecule has 0 N–H and O–H groups in total. The van der Waals surface area contributed by atoms with E-state index < -0.39 is 0 Å². The van der Waals surface area contributed by atoms with Crippen molar-refractivity contribution in [3.8, 4) is 39.8 Å². The number of benzene rings is 7. The lowest BCUT2D eigenvalue weighted by atomic mass is 10.1. The van der Waals surface area contributed by atoms with Gasteiger partial charge in [-0.25, -0.2) is 9.97 Å². The van der Waals surface area contributed by atoms with Gasteiger partial charge in [0, 0.05) is 67.2 Å². The molecular formula is C51H32N6. The predicted molar refractivity (Wildman–Crippen MR) is 234 cm³/mol. The van der Waals surface area contributed by atoms with Crippen LogP contribution in [0.5, 0.6) is 0 Å². The Balaban J connectivity index is 1.21. The van der Waals surface area contributed by atoms with Gasteiger partial charge in [0.2, 0.25) is 5.95 Å². The van der Waals surface area contributed by atoms with Crippen molar-refractivity contribution in [2.24, 2.45) is 0 Å². The fourth-order valence-corrected chi connectivity index (χ4v) is 8.87. The summed E-state index contributed by atoms with van der Waals surface area (Å²) in [6, 6.07) is 64.3. The summed E-state index contributed by atoms with van der Waals surface area (Å²) in [4.78, 5) is 15.3. The molecule has 7 aromatic carbocycles. The van der Waals surface area contributed by atoms with Gasteiger partial charge in [-0.3, -0.25) is 9.55 Å². The average Bonchev–Trinajstić information content (AvgIpc) is 3.93. The molecular weight excluding hydrogens is 697 g/mol. The number of fused-ring (bicyclic) bond motifs is 10. The smallest absolute Gasteiger partial charge is 0.235 e. The van der Waals surface area contributed by atoms with E-state index in [4.69, 9.17) is 9.97 Å². The predicted octanol–water partition coefficient (Wildman–Crippen LogP) is 12.5. The molecule has 6 nitrogen and oxygen atoms in total. The second-order valence-corrected chi connectivity index (χ2v) is 14.5. The molecule has 266 valence electrons. The molecule has 0 fully saturated rings. The van der Waals surface area contributed by atoms with Crippen molar-refractivity contribution in [1.29, 1.82) is 0 Å². The van der Waals surface area contributed by atoms with E-state index in [1.54, 1.807) is 0 Å². The number of nitrogens with zero attached hydrogens (tertiary/aromatic N) is 6. The summed E-state index contributed by atoms with van der Waals surface area (Å²) in [6.45, 7) is 0. The Morgan fingerprint density at radius 2 is 0.860 bits per heavy atom. The summed E-state index contributed by atoms with van der Waals surface area (Å²) >= 11 is 0. The SMILES string of the molecule is c1ccc(-c2cc(-c3ccccc3)nc(-n3c4ccccc4c4ccc5c6ccccc6n(-c6ccc7c(c6)c6cnccc6n7-c6ccccc6)c5c43)n2)cc1. The van der Waals surface area contributed by atoms with Gasteiger partial charge in [0.15, 0.2) is 0 Å². The van der Waals surface area contributed by atoms with Crippen molar-refractivity contribution in [1.82, 2.24) is 28.7 Å². The monoisotopic (exact) mass is 728 g/mol. The van der Waals surface area contributed by atoms with E-state index >= 15 is 0 Å². The lowest BCUT2D eigenvalue weighted by molar-refractivity contribution is 0.995. The van der Waals surface area contributed by atoms with Crippen LogP contribution >= 0.6 is 0 Å². The zero-order valence-electron chi connectivity index (χ0n) is 30.7. The lowest BCUT2D eigenvalue weighted by Crippen LogP contribution is -2.05. The molecule has 0 aliphatic heterocycles. The molecule has 0 aliphatic rings. The Bertz CT molecular complexity index is 3450. The van der Waals surface area contributed by atoms with Gasteiger partial charge in [-0.15, -0.1) is 0 Å². The third kappa shape index (κ3) is 4.74. The molecule has 0 radical (unpaired) electrons. The molecule has 6 heteroatoms. The summed E-state index contributed by atoms with van der Waals surface area (Å²) in [5.74, 6) is 0.623. The molecule has 0 unspecified atom stereocenters. The molecule has 5 heterocycles. The van der Waals surface area contributed by atoms with Crippen LogP contribution < -0.4 is 0 Å². The number of pyridine rings is 1. The van der Waals surface area contributed by atoms with Gasteiger partial charge in [0.05, 0.1) is 44.5 Å². The van der Waals surface area contributed by atoms with Crippen LogP contribution in [0.3, 0.4) is 0 Å². The molecule has 12 aromatic rings. The second kappa shape index (κ2) is 12.3. The third-order valence-electron chi connectivity index (χ3n) is 11.3. The highest BCUT2D eigenvalue weighted by Crippen LogP contribution is 2.43. The van der Waals surface area contributed by atoms with Gasteiger partial charge in [-0.2, -0.15) is 0 Å². The van der Waals surface area contributed by atoms with Gasteiger partial charge in [0.1, 0.15) is 0 Å². The highest BCUT2D eigenvalue weighted by atomic mass is 15.2. The van der Waals surface area contributed by atoms with Crippen LogP contribution in [0.2, 0.25) is 0 Å². The number of hydrogen-bond donors (Lipinski definition) is 0. The Labute approximate surface area is 327 Å². The Hall–Kier alpha value is -7.83. The quantitative estimate of drug-likeness (QED) is 0.177. The second-order valence-electron chi connectivity index (χ2n) is 14.5. The molecule has 0 atom stereocenters. The van der Waals surface area contributed by atoms with Crippen LogP contribution in [-0.4, -0.2) is 28.7 Å². The molecule has 57 heavy (non-hydrogen) atoms. The zero-order valence-corrected chi connectivity index (χ0v) is 30.7. The van der Waals surface area contributed by atoms with Gasteiger partial charge in [-0.1, -0.05) is 127 Å². The lowest BCUT2D eigenvalue weighted by Gasteiger charge is -2.14. The van der Waals surface area contributed by atoms with Gasteiger partial charge >= 0.3 is 0 Å². The minimum atomic E-state index is 0.623. The van der Waals surface area contributed by atoms with Crippen LogP contribution in [0.25, 0.3) is 105 Å². The maximum absolute atomic E-state index is 5.37. The molecule has 5 aromatic heterocycles. The van der Waals surface area contributed by atoms with Crippen LogP contribution in [0, 0.1) is 0 Å². The topological polar surface area (TPSA) is 53.5 Å². The standard InChI is InChI=1S/C51H32N6/c1-4-14-33(15-5-1)43-31-44(34-16-6-2-7-17-34)54-51(53-43)57-46-23-13-11-21-38(46)40-26-25-39-37-20-10-12-22-45(37)56(49(39)50(40)57)36-24-27-47-41(30-36)42-32-52-29-28-48(42)55(47)35-18-8-3-9-19-35/h1-32H. The van der Waals surface area contributed by atoms with E-state index in [-0.39, 0.29) is 0 Å². The van der Waals surface area contributed by atoms with Crippen molar-refractivity contribution in [2.75, 3.05) is 0 Å². The van der Waals surface area contributed by atoms with Gasteiger partial charge in [0.25, 0.3) is 0 Å². The zero-order chi connectivity index (χ0) is 37.5. The molecule has 0 aliphatic carbocycles. The van der Waals surface area contributed by atoms with Crippen LogP contribution in [-0.2, 0) is 0 Å². The van der Waals surface area contributed by atoms with E-state index in [0.29, 0.717) is 5.95 Å². The van der Waals surface area contributed by atoms with Crippen LogP contribution in [0.1, 0.15) is 0 Å². The first kappa shape index (κ1) is 31.5.